The lowest BCUT2D eigenvalue weighted by molar-refractivity contribution is -0.149. The molecule has 2 N–H and O–H groups in total. The van der Waals surface area contributed by atoms with Crippen molar-refractivity contribution in [2.75, 3.05) is 50.2 Å². The van der Waals surface area contributed by atoms with Gasteiger partial charge in [0.25, 0.3) is 0 Å². The molecule has 2 amide bonds. The third-order valence-corrected chi connectivity index (χ3v) is 6.69. The predicted octanol–water partition coefficient (Wildman–Crippen LogP) is 5.56. The number of amides is 2. The molecule has 0 saturated heterocycles. The van der Waals surface area contributed by atoms with Crippen LogP contribution < -0.4 is 14.8 Å². The van der Waals surface area contributed by atoms with Crippen LogP contribution in [0.4, 0.5) is 10.5 Å². The number of nitrogens with one attached hydrogen (secondary N) is 1. The number of nitrogens with zero attached hydrogens (tertiary/aromatic N) is 1. The van der Waals surface area contributed by atoms with Crippen LogP contribution in [-0.2, 0) is 16.0 Å². The fraction of sp³-hybridized carbons (Fsp3) is 0.500. The normalized spacial score (nSPS) is 11.5. The first-order valence-electron chi connectivity index (χ1n) is 12.8. The molecule has 2 rings (SSSR count). The maximum absolute atomic E-state index is 13.0. The molecule has 1 unspecified atom stereocenters. The van der Waals surface area contributed by atoms with Gasteiger partial charge in [-0.25, -0.2) is 9.59 Å². The Kier molecular flexibility index (Phi) is 14.4. The van der Waals surface area contributed by atoms with Crippen molar-refractivity contribution in [2.45, 2.75) is 45.6 Å². The van der Waals surface area contributed by atoms with Crippen molar-refractivity contribution < 1.29 is 28.9 Å². The number of methoxy groups -OCH3 is 1. The van der Waals surface area contributed by atoms with E-state index in [0.717, 1.165) is 22.8 Å². The van der Waals surface area contributed by atoms with Gasteiger partial charge in [-0.15, -0.1) is 0 Å². The number of urea groups is 1. The number of hydrogen-bond acceptors (Lipinski definition) is 6. The van der Waals surface area contributed by atoms with Crippen molar-refractivity contribution in [2.24, 2.45) is 0 Å². The fourth-order valence-electron chi connectivity index (χ4n) is 3.55. The first kappa shape index (κ1) is 30.3. The molecular weight excluding hydrogens is 492 g/mol. The lowest BCUT2D eigenvalue weighted by Gasteiger charge is -2.23. The van der Waals surface area contributed by atoms with E-state index in [1.54, 1.807) is 18.9 Å². The summed E-state index contributed by atoms with van der Waals surface area (Å²) in [6.45, 7) is 5.71. The minimum absolute atomic E-state index is 0.172. The Hall–Kier alpha value is -2.91. The highest BCUT2D eigenvalue weighted by Crippen LogP contribution is 2.17. The highest BCUT2D eigenvalue weighted by atomic mass is 32.2. The number of carbonyl (C=O) groups is 2. The van der Waals surface area contributed by atoms with Gasteiger partial charge in [-0.3, -0.25) is 0 Å². The Morgan fingerprint density at radius 2 is 1.68 bits per heavy atom. The summed E-state index contributed by atoms with van der Waals surface area (Å²) in [6, 6.07) is 14.4. The van der Waals surface area contributed by atoms with Crippen LogP contribution >= 0.6 is 11.8 Å². The highest BCUT2D eigenvalue weighted by Gasteiger charge is 2.18. The average molecular weight is 533 g/mol. The number of benzene rings is 2. The van der Waals surface area contributed by atoms with Gasteiger partial charge in [0.2, 0.25) is 0 Å². The van der Waals surface area contributed by atoms with Gasteiger partial charge in [0.15, 0.2) is 6.10 Å². The topological polar surface area (TPSA) is 97.3 Å². The molecule has 0 heterocycles. The van der Waals surface area contributed by atoms with Gasteiger partial charge in [-0.2, -0.15) is 11.8 Å². The lowest BCUT2D eigenvalue weighted by Crippen LogP contribution is -2.39. The molecule has 2 aromatic rings. The summed E-state index contributed by atoms with van der Waals surface area (Å²) in [4.78, 5) is 26.1. The summed E-state index contributed by atoms with van der Waals surface area (Å²) < 4.78 is 16.4. The average Bonchev–Trinajstić information content (AvgIpc) is 2.90. The van der Waals surface area contributed by atoms with Crippen LogP contribution in [0.2, 0.25) is 0 Å². The summed E-state index contributed by atoms with van der Waals surface area (Å²) in [7, 11) is 1.61. The summed E-state index contributed by atoms with van der Waals surface area (Å²) >= 11 is 1.86. The van der Waals surface area contributed by atoms with Crippen LogP contribution in [-0.4, -0.2) is 73.0 Å². The van der Waals surface area contributed by atoms with Crippen molar-refractivity contribution in [3.63, 3.8) is 0 Å². The molecule has 0 aromatic heterocycles. The highest BCUT2D eigenvalue weighted by molar-refractivity contribution is 7.99. The van der Waals surface area contributed by atoms with Crippen molar-refractivity contribution in [1.82, 2.24) is 4.90 Å². The molecule has 0 aliphatic carbocycles. The zero-order valence-corrected chi connectivity index (χ0v) is 22.9. The zero-order valence-electron chi connectivity index (χ0n) is 22.1. The van der Waals surface area contributed by atoms with Crippen molar-refractivity contribution in [3.8, 4) is 11.5 Å². The maximum atomic E-state index is 13.0. The van der Waals surface area contributed by atoms with Crippen LogP contribution in [0.3, 0.4) is 0 Å². The predicted molar refractivity (Wildman–Crippen MR) is 149 cm³/mol. The molecule has 2 aromatic carbocycles. The number of carboxylic acid groups (broad SMARTS) is 1. The molecule has 0 saturated carbocycles. The van der Waals surface area contributed by atoms with E-state index < -0.39 is 12.1 Å². The number of carbonyl (C=O) groups excluding carboxylic acids is 1. The molecule has 0 spiro atoms. The van der Waals surface area contributed by atoms with Crippen LogP contribution in [0, 0.1) is 0 Å². The molecule has 0 aliphatic rings. The number of hydrogen-bond donors (Lipinski definition) is 2. The number of anilines is 1. The van der Waals surface area contributed by atoms with Crippen LogP contribution in [0.1, 0.15) is 38.7 Å². The Morgan fingerprint density at radius 1 is 0.973 bits per heavy atom. The fourth-order valence-corrected chi connectivity index (χ4v) is 4.51. The molecule has 0 bridgehead atoms. The third kappa shape index (κ3) is 11.8. The van der Waals surface area contributed by atoms with E-state index in [9.17, 15) is 14.7 Å². The Balaban J connectivity index is 1.90. The van der Waals surface area contributed by atoms with E-state index in [0.29, 0.717) is 44.2 Å². The van der Waals surface area contributed by atoms with E-state index in [1.165, 1.54) is 19.3 Å². The summed E-state index contributed by atoms with van der Waals surface area (Å²) in [5.74, 6) is 2.37. The van der Waals surface area contributed by atoms with Gasteiger partial charge < -0.3 is 29.5 Å². The van der Waals surface area contributed by atoms with Crippen LogP contribution in [0.5, 0.6) is 11.5 Å². The maximum Gasteiger partial charge on any atom is 0.333 e. The number of ether oxygens (including phenoxy) is 3. The standard InChI is InChI=1S/C28H40N2O6S/c1-4-6-7-19-37-20-17-30(28(33)29-23-10-14-24(34-3)15-11-23)16-18-36-25-12-8-22(9-13-25)21-26(27(31)32)35-5-2/h8-15,26H,4-7,16-21H2,1-3H3,(H,29,33)(H,31,32). The quantitative estimate of drug-likeness (QED) is 0.243. The van der Waals surface area contributed by atoms with Gasteiger partial charge >= 0.3 is 12.0 Å². The molecule has 37 heavy (non-hydrogen) atoms. The zero-order chi connectivity index (χ0) is 26.9. The van der Waals surface area contributed by atoms with E-state index in [-0.39, 0.29) is 6.03 Å². The van der Waals surface area contributed by atoms with Crippen LogP contribution in [0.15, 0.2) is 48.5 Å². The molecular formula is C28H40N2O6S. The van der Waals surface area contributed by atoms with E-state index in [2.05, 4.69) is 12.2 Å². The molecule has 0 radical (unpaired) electrons. The minimum atomic E-state index is -0.973. The Morgan fingerprint density at radius 3 is 2.30 bits per heavy atom. The molecule has 8 nitrogen and oxygen atoms in total. The number of unbranched alkanes of at least 4 members (excludes halogenated alkanes) is 2. The summed E-state index contributed by atoms with van der Waals surface area (Å²) in [5.41, 5.74) is 1.56. The molecule has 204 valence electrons. The Labute approximate surface area is 224 Å². The largest absolute Gasteiger partial charge is 0.497 e. The lowest BCUT2D eigenvalue weighted by atomic mass is 10.1. The van der Waals surface area contributed by atoms with E-state index in [1.807, 2.05) is 60.3 Å². The van der Waals surface area contributed by atoms with Crippen molar-refractivity contribution in [3.05, 3.63) is 54.1 Å². The molecule has 0 aliphatic heterocycles. The molecule has 9 heteroatoms. The van der Waals surface area contributed by atoms with E-state index in [4.69, 9.17) is 14.2 Å². The Bertz CT molecular complexity index is 923. The van der Waals surface area contributed by atoms with Gasteiger partial charge in [0.05, 0.1) is 13.7 Å². The van der Waals surface area contributed by atoms with Crippen molar-refractivity contribution >= 4 is 29.4 Å². The minimum Gasteiger partial charge on any atom is -0.497 e. The molecule has 1 atom stereocenters. The second kappa shape index (κ2) is 17.5. The second-order valence-corrected chi connectivity index (χ2v) is 9.67. The molecule has 0 fully saturated rings. The van der Waals surface area contributed by atoms with Gasteiger partial charge in [0, 0.05) is 31.0 Å². The van der Waals surface area contributed by atoms with Gasteiger partial charge in [0.1, 0.15) is 18.1 Å². The summed E-state index contributed by atoms with van der Waals surface area (Å²) in [5, 5.41) is 12.2. The first-order valence-corrected chi connectivity index (χ1v) is 14.0. The number of rotatable bonds is 18. The van der Waals surface area contributed by atoms with Crippen molar-refractivity contribution in [1.29, 1.82) is 0 Å². The number of thioether (sulfide) groups is 1. The number of aliphatic carboxylic acids is 1. The van der Waals surface area contributed by atoms with Crippen LogP contribution in [0.25, 0.3) is 0 Å². The van der Waals surface area contributed by atoms with E-state index >= 15 is 0 Å². The number of carboxylic acids is 1. The summed E-state index contributed by atoms with van der Waals surface area (Å²) in [6.07, 6.45) is 3.04. The van der Waals surface area contributed by atoms with Gasteiger partial charge in [-0.1, -0.05) is 31.9 Å². The SMILES string of the molecule is CCCCCSCCN(CCOc1ccc(CC(OCC)C(=O)O)cc1)C(=O)Nc1ccc(OC)cc1. The first-order chi connectivity index (χ1) is 18.0. The smallest absolute Gasteiger partial charge is 0.333 e. The second-order valence-electron chi connectivity index (χ2n) is 8.44. The van der Waals surface area contributed by atoms with Gasteiger partial charge in [-0.05, 0) is 61.1 Å². The third-order valence-electron chi connectivity index (χ3n) is 5.64. The monoisotopic (exact) mass is 532 g/mol.